The third-order valence-electron chi connectivity index (χ3n) is 3.25. The molecule has 13 heavy (non-hydrogen) atoms. The molecule has 2 aliphatic rings. The maximum atomic E-state index is 12.1. The maximum absolute atomic E-state index is 12.1. The lowest BCUT2D eigenvalue weighted by molar-refractivity contribution is 0.516. The summed E-state index contributed by atoms with van der Waals surface area (Å²) >= 11 is 0. The molecule has 0 bridgehead atoms. The molecule has 1 N–H and O–H groups in total. The van der Waals surface area contributed by atoms with Crippen LogP contribution in [0.2, 0.25) is 0 Å². The van der Waals surface area contributed by atoms with Crippen LogP contribution in [-0.2, 0) is 10.8 Å². The van der Waals surface area contributed by atoms with E-state index < -0.39 is 10.8 Å². The van der Waals surface area contributed by atoms with Crippen molar-refractivity contribution in [3.05, 3.63) is 0 Å². The smallest absolute Gasteiger partial charge is 0.0374 e. The first-order valence-corrected chi connectivity index (χ1v) is 6.75. The molecule has 0 spiro atoms. The third-order valence-corrected chi connectivity index (χ3v) is 5.50. The number of piperidine rings is 1. The van der Waals surface area contributed by atoms with Gasteiger partial charge in [0.1, 0.15) is 0 Å². The van der Waals surface area contributed by atoms with Gasteiger partial charge in [-0.3, -0.25) is 4.21 Å². The Morgan fingerprint density at radius 3 is 2.08 bits per heavy atom. The van der Waals surface area contributed by atoms with E-state index in [1.807, 2.05) is 0 Å². The highest BCUT2D eigenvalue weighted by molar-refractivity contribution is 7.86. The Morgan fingerprint density at radius 1 is 0.923 bits per heavy atom. The second kappa shape index (κ2) is 4.56. The molecule has 1 atom stereocenters. The topological polar surface area (TPSA) is 29.1 Å². The summed E-state index contributed by atoms with van der Waals surface area (Å²) < 4.78 is 12.1. The molecule has 0 radical (unpaired) electrons. The van der Waals surface area contributed by atoms with Crippen molar-refractivity contribution in [2.75, 3.05) is 13.1 Å². The summed E-state index contributed by atoms with van der Waals surface area (Å²) in [4.78, 5) is 0. The maximum Gasteiger partial charge on any atom is 0.0374 e. The predicted molar refractivity (Wildman–Crippen MR) is 56.3 cm³/mol. The van der Waals surface area contributed by atoms with Crippen LogP contribution in [0.15, 0.2) is 0 Å². The van der Waals surface area contributed by atoms with Crippen LogP contribution in [-0.4, -0.2) is 27.8 Å². The van der Waals surface area contributed by atoms with Gasteiger partial charge in [0, 0.05) is 21.3 Å². The monoisotopic (exact) mass is 201 g/mol. The fourth-order valence-electron chi connectivity index (χ4n) is 2.42. The minimum atomic E-state index is -0.522. The normalized spacial score (nSPS) is 29.2. The standard InChI is InChI=1S/C10H19NOS/c12-13(9-3-1-2-4-9)10-5-7-11-8-6-10/h9-11H,1-8H2. The Hall–Kier alpha value is 0.110. The molecule has 0 aromatic carbocycles. The highest BCUT2D eigenvalue weighted by atomic mass is 32.2. The Kier molecular flexibility index (Phi) is 3.39. The van der Waals surface area contributed by atoms with E-state index in [1.54, 1.807) is 0 Å². The lowest BCUT2D eigenvalue weighted by Gasteiger charge is -2.24. The van der Waals surface area contributed by atoms with Crippen molar-refractivity contribution in [1.29, 1.82) is 0 Å². The number of rotatable bonds is 2. The predicted octanol–water partition coefficient (Wildman–Crippen LogP) is 1.43. The van der Waals surface area contributed by atoms with Crippen molar-refractivity contribution in [1.82, 2.24) is 5.32 Å². The van der Waals surface area contributed by atoms with Gasteiger partial charge in [-0.2, -0.15) is 0 Å². The quantitative estimate of drug-likeness (QED) is 0.732. The van der Waals surface area contributed by atoms with Gasteiger partial charge in [0.25, 0.3) is 0 Å². The zero-order chi connectivity index (χ0) is 9.10. The molecule has 3 heteroatoms. The molecule has 1 saturated heterocycles. The molecule has 1 aliphatic carbocycles. The average Bonchev–Trinajstić information content (AvgIpc) is 2.71. The molecule has 1 saturated carbocycles. The van der Waals surface area contributed by atoms with Crippen molar-refractivity contribution in [3.8, 4) is 0 Å². The van der Waals surface area contributed by atoms with Crippen molar-refractivity contribution in [2.45, 2.75) is 49.0 Å². The molecule has 2 fully saturated rings. The summed E-state index contributed by atoms with van der Waals surface area (Å²) in [6, 6.07) is 0. The molecular formula is C10H19NOS. The third kappa shape index (κ3) is 2.32. The van der Waals surface area contributed by atoms with Crippen LogP contribution >= 0.6 is 0 Å². The van der Waals surface area contributed by atoms with Crippen LogP contribution in [0.5, 0.6) is 0 Å². The van der Waals surface area contributed by atoms with E-state index in [-0.39, 0.29) is 0 Å². The van der Waals surface area contributed by atoms with Gasteiger partial charge in [-0.25, -0.2) is 0 Å². The summed E-state index contributed by atoms with van der Waals surface area (Å²) in [5.41, 5.74) is 0. The number of nitrogens with one attached hydrogen (secondary N) is 1. The Morgan fingerprint density at radius 2 is 1.46 bits per heavy atom. The van der Waals surface area contributed by atoms with Crippen LogP contribution in [0.1, 0.15) is 38.5 Å². The Balaban J connectivity index is 1.87. The van der Waals surface area contributed by atoms with Crippen LogP contribution in [0.25, 0.3) is 0 Å². The SMILES string of the molecule is O=S(C1CCCC1)C1CCNCC1. The van der Waals surface area contributed by atoms with Crippen LogP contribution in [0.3, 0.4) is 0 Å². The largest absolute Gasteiger partial charge is 0.317 e. The highest BCUT2D eigenvalue weighted by Gasteiger charge is 2.28. The van der Waals surface area contributed by atoms with E-state index in [0.29, 0.717) is 10.5 Å². The van der Waals surface area contributed by atoms with Gasteiger partial charge in [0.05, 0.1) is 0 Å². The molecular weight excluding hydrogens is 182 g/mol. The van der Waals surface area contributed by atoms with Crippen molar-refractivity contribution < 1.29 is 4.21 Å². The fraction of sp³-hybridized carbons (Fsp3) is 1.00. The van der Waals surface area contributed by atoms with E-state index in [9.17, 15) is 4.21 Å². The summed E-state index contributed by atoms with van der Waals surface area (Å²) in [7, 11) is -0.522. The number of hydrogen-bond acceptors (Lipinski definition) is 2. The Bertz CT molecular complexity index is 183. The van der Waals surface area contributed by atoms with Gasteiger partial charge in [-0.15, -0.1) is 0 Å². The molecule has 2 nitrogen and oxygen atoms in total. The van der Waals surface area contributed by atoms with E-state index in [1.165, 1.54) is 25.7 Å². The molecule has 0 aromatic rings. The van der Waals surface area contributed by atoms with Gasteiger partial charge in [0.15, 0.2) is 0 Å². The van der Waals surface area contributed by atoms with E-state index in [2.05, 4.69) is 5.32 Å². The second-order valence-electron chi connectivity index (χ2n) is 4.18. The Labute approximate surface area is 82.9 Å². The molecule has 0 amide bonds. The minimum Gasteiger partial charge on any atom is -0.317 e. The summed E-state index contributed by atoms with van der Waals surface area (Å²) in [5.74, 6) is 0. The highest BCUT2D eigenvalue weighted by Crippen LogP contribution is 2.27. The van der Waals surface area contributed by atoms with Crippen LogP contribution < -0.4 is 5.32 Å². The first kappa shape index (κ1) is 9.66. The van der Waals surface area contributed by atoms with Gasteiger partial charge in [0.2, 0.25) is 0 Å². The van der Waals surface area contributed by atoms with Crippen molar-refractivity contribution >= 4 is 10.8 Å². The van der Waals surface area contributed by atoms with Crippen molar-refractivity contribution in [2.24, 2.45) is 0 Å². The molecule has 1 heterocycles. The second-order valence-corrected chi connectivity index (χ2v) is 6.17. The van der Waals surface area contributed by atoms with E-state index >= 15 is 0 Å². The first-order valence-electron chi connectivity index (χ1n) is 5.48. The van der Waals surface area contributed by atoms with E-state index in [0.717, 1.165) is 25.9 Å². The molecule has 0 aromatic heterocycles. The molecule has 1 unspecified atom stereocenters. The average molecular weight is 201 g/mol. The van der Waals surface area contributed by atoms with Gasteiger partial charge >= 0.3 is 0 Å². The summed E-state index contributed by atoms with van der Waals surface area (Å²) in [6.45, 7) is 2.15. The zero-order valence-corrected chi connectivity index (χ0v) is 8.94. The fourth-order valence-corrected chi connectivity index (χ4v) is 4.46. The lowest BCUT2D eigenvalue weighted by Crippen LogP contribution is -2.36. The minimum absolute atomic E-state index is 0.504. The van der Waals surface area contributed by atoms with E-state index in [4.69, 9.17) is 0 Å². The van der Waals surface area contributed by atoms with Crippen LogP contribution in [0.4, 0.5) is 0 Å². The summed E-state index contributed by atoms with van der Waals surface area (Å²) in [5, 5.41) is 4.37. The van der Waals surface area contributed by atoms with Crippen LogP contribution in [0, 0.1) is 0 Å². The summed E-state index contributed by atoms with van der Waals surface area (Å²) in [6.07, 6.45) is 7.31. The zero-order valence-electron chi connectivity index (χ0n) is 8.13. The first-order chi connectivity index (χ1) is 6.38. The van der Waals surface area contributed by atoms with Gasteiger partial charge in [-0.05, 0) is 38.8 Å². The van der Waals surface area contributed by atoms with Gasteiger partial charge in [-0.1, -0.05) is 12.8 Å². The lowest BCUT2D eigenvalue weighted by atomic mass is 10.2. The molecule has 1 aliphatic heterocycles. The van der Waals surface area contributed by atoms with Gasteiger partial charge < -0.3 is 5.32 Å². The molecule has 76 valence electrons. The number of hydrogen-bond donors (Lipinski definition) is 1. The molecule has 2 rings (SSSR count). The van der Waals surface area contributed by atoms with Crippen molar-refractivity contribution in [3.63, 3.8) is 0 Å².